The van der Waals surface area contributed by atoms with E-state index in [1.54, 1.807) is 21.3 Å². The van der Waals surface area contributed by atoms with Crippen molar-refractivity contribution in [3.8, 4) is 17.2 Å². The molecule has 6 nitrogen and oxygen atoms in total. The molecule has 156 valence electrons. The number of ether oxygens (including phenoxy) is 4. The van der Waals surface area contributed by atoms with Crippen LogP contribution in [0.4, 0.5) is 0 Å². The van der Waals surface area contributed by atoms with E-state index in [1.165, 1.54) is 0 Å². The molecule has 0 spiro atoms. The van der Waals surface area contributed by atoms with Gasteiger partial charge in [0, 0.05) is 25.3 Å². The molecule has 1 aliphatic rings. The Hall–Kier alpha value is -2.73. The lowest BCUT2D eigenvalue weighted by molar-refractivity contribution is 0.0507. The zero-order valence-electron chi connectivity index (χ0n) is 17.6. The van der Waals surface area contributed by atoms with Crippen LogP contribution in [0.15, 0.2) is 36.4 Å². The van der Waals surface area contributed by atoms with Crippen molar-refractivity contribution < 1.29 is 23.7 Å². The highest BCUT2D eigenvalue weighted by Crippen LogP contribution is 2.38. The number of carbonyl (C=O) groups excluding carboxylic acids is 1. The Morgan fingerprint density at radius 3 is 2.24 bits per heavy atom. The average molecular weight is 399 g/mol. The minimum absolute atomic E-state index is 0.0192. The standard InChI is InChI=1S/C23H29NO5/c1-16-7-9-18(10-8-16)23(25)24(15-19-6-5-11-29-19)14-17-12-20(26-2)22(28-4)21(13-17)27-3/h7-10,12-13,19H,5-6,11,14-15H2,1-4H3/t19-/m1/s1. The molecular weight excluding hydrogens is 370 g/mol. The van der Waals surface area contributed by atoms with Crippen LogP contribution in [0.1, 0.15) is 34.3 Å². The molecule has 1 aliphatic heterocycles. The molecule has 1 saturated heterocycles. The van der Waals surface area contributed by atoms with E-state index < -0.39 is 0 Å². The second kappa shape index (κ2) is 9.65. The van der Waals surface area contributed by atoms with Crippen LogP contribution in [0.5, 0.6) is 17.2 Å². The third kappa shape index (κ3) is 5.01. The lowest BCUT2D eigenvalue weighted by atomic mass is 10.1. The van der Waals surface area contributed by atoms with Crippen molar-refractivity contribution in [2.45, 2.75) is 32.4 Å². The van der Waals surface area contributed by atoms with Gasteiger partial charge in [-0.15, -0.1) is 0 Å². The molecule has 6 heteroatoms. The Bertz CT molecular complexity index is 803. The number of hydrogen-bond acceptors (Lipinski definition) is 5. The van der Waals surface area contributed by atoms with Crippen molar-refractivity contribution in [2.24, 2.45) is 0 Å². The van der Waals surface area contributed by atoms with Gasteiger partial charge in [-0.25, -0.2) is 0 Å². The van der Waals surface area contributed by atoms with E-state index in [1.807, 2.05) is 48.2 Å². The van der Waals surface area contributed by atoms with Crippen LogP contribution in [-0.2, 0) is 11.3 Å². The van der Waals surface area contributed by atoms with Crippen molar-refractivity contribution in [1.29, 1.82) is 0 Å². The van der Waals surface area contributed by atoms with Crippen molar-refractivity contribution >= 4 is 5.91 Å². The molecule has 0 aliphatic carbocycles. The van der Waals surface area contributed by atoms with E-state index >= 15 is 0 Å². The molecule has 29 heavy (non-hydrogen) atoms. The maximum absolute atomic E-state index is 13.3. The van der Waals surface area contributed by atoms with Gasteiger partial charge in [0.25, 0.3) is 5.91 Å². The normalized spacial score (nSPS) is 15.8. The summed E-state index contributed by atoms with van der Waals surface area (Å²) in [5.41, 5.74) is 2.69. The monoisotopic (exact) mass is 399 g/mol. The largest absolute Gasteiger partial charge is 0.493 e. The van der Waals surface area contributed by atoms with Crippen LogP contribution in [0.3, 0.4) is 0 Å². The molecule has 0 radical (unpaired) electrons. The topological polar surface area (TPSA) is 57.2 Å². The molecular formula is C23H29NO5. The number of nitrogens with zero attached hydrogens (tertiary/aromatic N) is 1. The minimum Gasteiger partial charge on any atom is -0.493 e. The second-order valence-electron chi connectivity index (χ2n) is 7.22. The predicted molar refractivity (Wildman–Crippen MR) is 111 cm³/mol. The Kier molecular flexibility index (Phi) is 6.99. The highest BCUT2D eigenvalue weighted by atomic mass is 16.5. The third-order valence-electron chi connectivity index (χ3n) is 5.13. The summed E-state index contributed by atoms with van der Waals surface area (Å²) >= 11 is 0. The number of carbonyl (C=O) groups is 1. The Balaban J connectivity index is 1.89. The summed E-state index contributed by atoms with van der Waals surface area (Å²) in [7, 11) is 4.75. The highest BCUT2D eigenvalue weighted by molar-refractivity contribution is 5.94. The van der Waals surface area contributed by atoms with Gasteiger partial charge in [-0.05, 0) is 49.6 Å². The van der Waals surface area contributed by atoms with Gasteiger partial charge < -0.3 is 23.8 Å². The molecule has 3 rings (SSSR count). The lowest BCUT2D eigenvalue weighted by Crippen LogP contribution is -2.37. The van der Waals surface area contributed by atoms with E-state index in [4.69, 9.17) is 18.9 Å². The van der Waals surface area contributed by atoms with Crippen molar-refractivity contribution in [3.63, 3.8) is 0 Å². The SMILES string of the molecule is COc1cc(CN(C[C@H]2CCCO2)C(=O)c2ccc(C)cc2)cc(OC)c1OC. The summed E-state index contributed by atoms with van der Waals surface area (Å²) < 4.78 is 22.1. The van der Waals surface area contributed by atoms with Gasteiger partial charge in [-0.1, -0.05) is 17.7 Å². The number of hydrogen-bond donors (Lipinski definition) is 0. The molecule has 0 aromatic heterocycles. The van der Waals surface area contributed by atoms with Crippen LogP contribution < -0.4 is 14.2 Å². The molecule has 1 fully saturated rings. The zero-order valence-corrected chi connectivity index (χ0v) is 17.6. The number of methoxy groups -OCH3 is 3. The first kappa shape index (κ1) is 21.0. The van der Waals surface area contributed by atoms with Gasteiger partial charge in [0.15, 0.2) is 11.5 Å². The molecule has 0 N–H and O–H groups in total. The number of amides is 1. The van der Waals surface area contributed by atoms with Gasteiger partial charge in [-0.3, -0.25) is 4.79 Å². The fraction of sp³-hybridized carbons (Fsp3) is 0.435. The fourth-order valence-electron chi connectivity index (χ4n) is 3.58. The molecule has 1 heterocycles. The van der Waals surface area contributed by atoms with Crippen LogP contribution in [-0.4, -0.2) is 51.4 Å². The predicted octanol–water partition coefficient (Wildman–Crippen LogP) is 3.84. The van der Waals surface area contributed by atoms with Crippen LogP contribution in [0.25, 0.3) is 0 Å². The Morgan fingerprint density at radius 2 is 1.72 bits per heavy atom. The number of aryl methyl sites for hydroxylation is 1. The lowest BCUT2D eigenvalue weighted by Gasteiger charge is -2.26. The summed E-state index contributed by atoms with van der Waals surface area (Å²) in [5.74, 6) is 1.66. The zero-order chi connectivity index (χ0) is 20.8. The van der Waals surface area contributed by atoms with Crippen molar-refractivity contribution in [1.82, 2.24) is 4.90 Å². The smallest absolute Gasteiger partial charge is 0.254 e. The van der Waals surface area contributed by atoms with Crippen molar-refractivity contribution in [2.75, 3.05) is 34.5 Å². The quantitative estimate of drug-likeness (QED) is 0.675. The number of rotatable bonds is 8. The van der Waals surface area contributed by atoms with Gasteiger partial charge >= 0.3 is 0 Å². The van der Waals surface area contributed by atoms with E-state index in [2.05, 4.69) is 0 Å². The maximum atomic E-state index is 13.3. The third-order valence-corrected chi connectivity index (χ3v) is 5.13. The Morgan fingerprint density at radius 1 is 1.07 bits per heavy atom. The van der Waals surface area contributed by atoms with E-state index in [0.29, 0.717) is 35.9 Å². The summed E-state index contributed by atoms with van der Waals surface area (Å²) in [6.07, 6.45) is 2.06. The number of benzene rings is 2. The van der Waals surface area contributed by atoms with E-state index in [-0.39, 0.29) is 12.0 Å². The minimum atomic E-state index is -0.0192. The summed E-state index contributed by atoms with van der Waals surface area (Å²) in [5, 5.41) is 0. The van der Waals surface area contributed by atoms with E-state index in [0.717, 1.165) is 30.6 Å². The molecule has 0 unspecified atom stereocenters. The molecule has 1 amide bonds. The second-order valence-corrected chi connectivity index (χ2v) is 7.22. The molecule has 2 aromatic carbocycles. The first-order valence-corrected chi connectivity index (χ1v) is 9.82. The summed E-state index contributed by atoms with van der Waals surface area (Å²) in [6.45, 7) is 3.72. The van der Waals surface area contributed by atoms with Gasteiger partial charge in [0.1, 0.15) is 0 Å². The molecule has 0 saturated carbocycles. The maximum Gasteiger partial charge on any atom is 0.254 e. The van der Waals surface area contributed by atoms with E-state index in [9.17, 15) is 4.79 Å². The highest BCUT2D eigenvalue weighted by Gasteiger charge is 2.24. The fourth-order valence-corrected chi connectivity index (χ4v) is 3.58. The van der Waals surface area contributed by atoms with Gasteiger partial charge in [0.05, 0.1) is 27.4 Å². The summed E-state index contributed by atoms with van der Waals surface area (Å²) in [6, 6.07) is 11.4. The first-order chi connectivity index (χ1) is 14.0. The van der Waals surface area contributed by atoms with Crippen LogP contribution in [0, 0.1) is 6.92 Å². The van der Waals surface area contributed by atoms with Crippen molar-refractivity contribution in [3.05, 3.63) is 53.1 Å². The Labute approximate surface area is 172 Å². The van der Waals surface area contributed by atoms with Crippen LogP contribution >= 0.6 is 0 Å². The van der Waals surface area contributed by atoms with Crippen LogP contribution in [0.2, 0.25) is 0 Å². The van der Waals surface area contributed by atoms with Gasteiger partial charge in [0.2, 0.25) is 5.75 Å². The molecule has 0 bridgehead atoms. The molecule has 1 atom stereocenters. The molecule has 2 aromatic rings. The summed E-state index contributed by atoms with van der Waals surface area (Å²) in [4.78, 5) is 15.1. The first-order valence-electron chi connectivity index (χ1n) is 9.82. The average Bonchev–Trinajstić information content (AvgIpc) is 3.25. The van der Waals surface area contributed by atoms with Gasteiger partial charge in [-0.2, -0.15) is 0 Å².